The number of benzene rings is 1. The minimum absolute atomic E-state index is 0.192. The van der Waals surface area contributed by atoms with Gasteiger partial charge in [0.25, 0.3) is 0 Å². The van der Waals surface area contributed by atoms with Gasteiger partial charge in [-0.3, -0.25) is 0 Å². The van der Waals surface area contributed by atoms with Crippen LogP contribution in [0.2, 0.25) is 0 Å². The van der Waals surface area contributed by atoms with Crippen molar-refractivity contribution < 1.29 is 4.74 Å². The Hall–Kier alpha value is -0.340. The van der Waals surface area contributed by atoms with Crippen molar-refractivity contribution in [3.05, 3.63) is 35.9 Å². The molecule has 0 aliphatic heterocycles. The molecule has 18 heavy (non-hydrogen) atoms. The van der Waals surface area contributed by atoms with Crippen LogP contribution in [0, 0.1) is 11.8 Å². The first-order valence-electron chi connectivity index (χ1n) is 6.95. The summed E-state index contributed by atoms with van der Waals surface area (Å²) < 4.78 is 6.48. The van der Waals surface area contributed by atoms with E-state index in [1.807, 2.05) is 0 Å². The summed E-state index contributed by atoms with van der Waals surface area (Å²) >= 11 is 3.86. The molecular formula is C16H21BrO. The number of ether oxygens (including phenoxy) is 1. The Labute approximate surface area is 118 Å². The van der Waals surface area contributed by atoms with Crippen LogP contribution >= 0.6 is 15.9 Å². The Morgan fingerprint density at radius 2 is 1.78 bits per heavy atom. The molecule has 2 fully saturated rings. The van der Waals surface area contributed by atoms with Crippen molar-refractivity contribution in [1.82, 2.24) is 0 Å². The van der Waals surface area contributed by atoms with Gasteiger partial charge in [-0.2, -0.15) is 0 Å². The Morgan fingerprint density at radius 1 is 1.11 bits per heavy atom. The molecule has 0 amide bonds. The Bertz CT molecular complexity index is 412. The third-order valence-corrected chi connectivity index (χ3v) is 5.91. The highest BCUT2D eigenvalue weighted by molar-refractivity contribution is 9.09. The van der Waals surface area contributed by atoms with Crippen LogP contribution in [-0.2, 0) is 10.3 Å². The topological polar surface area (TPSA) is 9.23 Å². The first kappa shape index (κ1) is 12.7. The van der Waals surface area contributed by atoms with Crippen molar-refractivity contribution in [2.75, 3.05) is 0 Å². The minimum Gasteiger partial charge on any atom is -0.366 e. The van der Waals surface area contributed by atoms with Gasteiger partial charge in [0.05, 0.1) is 11.7 Å². The quantitative estimate of drug-likeness (QED) is 0.747. The van der Waals surface area contributed by atoms with E-state index in [1.54, 1.807) is 0 Å². The van der Waals surface area contributed by atoms with Crippen LogP contribution in [0.25, 0.3) is 0 Å². The zero-order valence-electron chi connectivity index (χ0n) is 11.1. The fourth-order valence-electron chi connectivity index (χ4n) is 3.58. The highest BCUT2D eigenvalue weighted by Crippen LogP contribution is 2.50. The van der Waals surface area contributed by atoms with Crippen molar-refractivity contribution in [2.24, 2.45) is 11.8 Å². The van der Waals surface area contributed by atoms with Crippen molar-refractivity contribution in [1.29, 1.82) is 0 Å². The fraction of sp³-hybridized carbons (Fsp3) is 0.625. The molecule has 3 rings (SSSR count). The Balaban J connectivity index is 1.76. The summed E-state index contributed by atoms with van der Waals surface area (Å²) in [4.78, 5) is 0.555. The number of halogens is 1. The van der Waals surface area contributed by atoms with Gasteiger partial charge in [-0.05, 0) is 50.5 Å². The van der Waals surface area contributed by atoms with E-state index in [1.165, 1.54) is 24.8 Å². The van der Waals surface area contributed by atoms with E-state index < -0.39 is 0 Å². The smallest absolute Gasteiger partial charge is 0.0879 e. The summed E-state index contributed by atoms with van der Waals surface area (Å²) in [5, 5.41) is 0. The molecule has 2 aliphatic rings. The van der Waals surface area contributed by atoms with Crippen molar-refractivity contribution in [3.63, 3.8) is 0 Å². The summed E-state index contributed by atoms with van der Waals surface area (Å²) in [5.41, 5.74) is 1.08. The molecule has 2 aliphatic carbocycles. The van der Waals surface area contributed by atoms with Crippen LogP contribution in [0.3, 0.4) is 0 Å². The number of fused-ring (bicyclic) bond motifs is 2. The zero-order chi connectivity index (χ0) is 12.8. The first-order chi connectivity index (χ1) is 8.58. The summed E-state index contributed by atoms with van der Waals surface area (Å²) in [6.45, 7) is 4.38. The van der Waals surface area contributed by atoms with E-state index in [-0.39, 0.29) is 5.60 Å². The van der Waals surface area contributed by atoms with Crippen LogP contribution in [0.4, 0.5) is 0 Å². The van der Waals surface area contributed by atoms with E-state index in [2.05, 4.69) is 60.1 Å². The van der Waals surface area contributed by atoms with E-state index in [9.17, 15) is 0 Å². The summed E-state index contributed by atoms with van der Waals surface area (Å²) in [6.07, 6.45) is 4.47. The molecule has 1 aromatic carbocycles. The lowest BCUT2D eigenvalue weighted by Gasteiger charge is -2.36. The van der Waals surface area contributed by atoms with Crippen LogP contribution in [-0.4, -0.2) is 10.9 Å². The average molecular weight is 309 g/mol. The van der Waals surface area contributed by atoms with Crippen molar-refractivity contribution in [3.8, 4) is 0 Å². The second-order valence-corrected chi connectivity index (χ2v) is 7.29. The molecule has 0 unspecified atom stereocenters. The minimum atomic E-state index is -0.192. The Morgan fingerprint density at radius 3 is 2.39 bits per heavy atom. The van der Waals surface area contributed by atoms with Crippen LogP contribution in [0.5, 0.6) is 0 Å². The predicted molar refractivity (Wildman–Crippen MR) is 77.9 cm³/mol. The zero-order valence-corrected chi connectivity index (χ0v) is 12.7. The first-order valence-corrected chi connectivity index (χ1v) is 7.87. The van der Waals surface area contributed by atoms with Gasteiger partial charge in [-0.1, -0.05) is 46.3 Å². The number of hydrogen-bond acceptors (Lipinski definition) is 1. The van der Waals surface area contributed by atoms with E-state index in [0.717, 1.165) is 11.8 Å². The molecule has 4 atom stereocenters. The number of rotatable bonds is 3. The molecule has 0 spiro atoms. The third-order valence-electron chi connectivity index (χ3n) is 4.64. The second-order valence-electron chi connectivity index (χ2n) is 6.24. The molecule has 0 aromatic heterocycles. The highest BCUT2D eigenvalue weighted by Gasteiger charge is 2.48. The monoisotopic (exact) mass is 308 g/mol. The average Bonchev–Trinajstić information content (AvgIpc) is 2.94. The van der Waals surface area contributed by atoms with Gasteiger partial charge in [0.2, 0.25) is 0 Å². The van der Waals surface area contributed by atoms with E-state index in [0.29, 0.717) is 10.9 Å². The fourth-order valence-corrected chi connectivity index (χ4v) is 4.60. The van der Waals surface area contributed by atoms with Gasteiger partial charge in [0.1, 0.15) is 0 Å². The molecule has 0 saturated heterocycles. The number of alkyl halides is 1. The van der Waals surface area contributed by atoms with Gasteiger partial charge in [-0.25, -0.2) is 0 Å². The predicted octanol–water partition coefficient (Wildman–Crippen LogP) is 4.50. The molecule has 0 radical (unpaired) electrons. The molecule has 2 bridgehead atoms. The molecular weight excluding hydrogens is 288 g/mol. The second kappa shape index (κ2) is 4.64. The third kappa shape index (κ3) is 2.14. The van der Waals surface area contributed by atoms with Crippen LogP contribution < -0.4 is 0 Å². The van der Waals surface area contributed by atoms with Crippen LogP contribution in [0.1, 0.15) is 38.7 Å². The van der Waals surface area contributed by atoms with E-state index in [4.69, 9.17) is 4.74 Å². The van der Waals surface area contributed by atoms with Crippen molar-refractivity contribution >= 4 is 15.9 Å². The molecule has 0 N–H and O–H groups in total. The molecule has 2 saturated carbocycles. The van der Waals surface area contributed by atoms with Gasteiger partial charge >= 0.3 is 0 Å². The Kier molecular flexibility index (Phi) is 3.27. The molecule has 0 heterocycles. The van der Waals surface area contributed by atoms with Gasteiger partial charge in [0, 0.05) is 4.83 Å². The van der Waals surface area contributed by atoms with Gasteiger partial charge in [0.15, 0.2) is 0 Å². The SMILES string of the molecule is CC(C)(O[C@@H]1[C@H]2CC[C@H](C2)[C@H]1Br)c1ccccc1. The molecule has 2 heteroatoms. The summed E-state index contributed by atoms with van der Waals surface area (Å²) in [7, 11) is 0. The van der Waals surface area contributed by atoms with E-state index >= 15 is 0 Å². The lowest BCUT2D eigenvalue weighted by atomic mass is 9.94. The lowest BCUT2D eigenvalue weighted by Crippen LogP contribution is -2.37. The lowest BCUT2D eigenvalue weighted by molar-refractivity contribution is -0.0933. The van der Waals surface area contributed by atoms with Crippen molar-refractivity contribution in [2.45, 2.75) is 49.6 Å². The molecule has 1 nitrogen and oxygen atoms in total. The molecule has 98 valence electrons. The van der Waals surface area contributed by atoms with Gasteiger partial charge in [-0.15, -0.1) is 0 Å². The summed E-state index contributed by atoms with van der Waals surface area (Å²) in [5.74, 6) is 1.61. The standard InChI is InChI=1S/C16H21BrO/c1-16(2,13-6-4-3-5-7-13)18-15-12-9-8-11(10-12)14(15)17/h3-7,11-12,14-15H,8-10H2,1-2H3/t11-,12+,14-,15-/m1/s1. The number of hydrogen-bond donors (Lipinski definition) is 0. The molecule has 1 aromatic rings. The maximum absolute atomic E-state index is 6.48. The normalized spacial score (nSPS) is 35.1. The van der Waals surface area contributed by atoms with Gasteiger partial charge < -0.3 is 4.74 Å². The summed E-state index contributed by atoms with van der Waals surface area (Å²) in [6, 6.07) is 10.6. The highest BCUT2D eigenvalue weighted by atomic mass is 79.9. The van der Waals surface area contributed by atoms with Crippen LogP contribution in [0.15, 0.2) is 30.3 Å². The largest absolute Gasteiger partial charge is 0.366 e. The maximum Gasteiger partial charge on any atom is 0.0879 e. The maximum atomic E-state index is 6.48.